The highest BCUT2D eigenvalue weighted by atomic mass is 127. The van der Waals surface area contributed by atoms with Crippen molar-refractivity contribution < 1.29 is 8.95 Å². The first-order valence-electron chi connectivity index (χ1n) is 9.89. The van der Waals surface area contributed by atoms with Crippen LogP contribution < -0.4 is 0 Å². The number of alkyl halides is 1. The summed E-state index contributed by atoms with van der Waals surface area (Å²) in [5.41, 5.74) is 0. The smallest absolute Gasteiger partial charge is 0.192 e. The first kappa shape index (κ1) is 26.8. The molecule has 6 atom stereocenters. The van der Waals surface area contributed by atoms with E-state index in [1.165, 1.54) is 0 Å². The van der Waals surface area contributed by atoms with Crippen LogP contribution in [0.4, 0.5) is 0 Å². The molecule has 26 heavy (non-hydrogen) atoms. The van der Waals surface area contributed by atoms with Crippen molar-refractivity contribution >= 4 is 46.5 Å². The van der Waals surface area contributed by atoms with Crippen molar-refractivity contribution in [3.63, 3.8) is 0 Å². The van der Waals surface area contributed by atoms with Crippen molar-refractivity contribution in [3.8, 4) is 0 Å². The van der Waals surface area contributed by atoms with E-state index in [9.17, 15) is 0 Å². The SMILES string of the molecule is [B]P(C)OC(C(C)CI)C(C)C(O[Si](CC)(CC)CC)C(C)/C=C\C=C. The maximum atomic E-state index is 7.00. The van der Waals surface area contributed by atoms with Gasteiger partial charge in [0, 0.05) is 10.3 Å². The molecule has 0 aliphatic heterocycles. The second-order valence-corrected chi connectivity index (χ2v) is 14.3. The molecule has 0 aliphatic rings. The second-order valence-electron chi connectivity index (χ2n) is 7.41. The zero-order valence-corrected chi connectivity index (χ0v) is 21.9. The summed E-state index contributed by atoms with van der Waals surface area (Å²) < 4.78 is 14.3. The van der Waals surface area contributed by atoms with Crippen LogP contribution in [0.5, 0.6) is 0 Å². The maximum Gasteiger partial charge on any atom is 0.192 e. The molecule has 0 bridgehead atoms. The van der Waals surface area contributed by atoms with Crippen molar-refractivity contribution in [2.45, 2.75) is 71.9 Å². The Balaban J connectivity index is 5.77. The highest BCUT2D eigenvalue weighted by Gasteiger charge is 2.39. The molecule has 0 spiro atoms. The summed E-state index contributed by atoms with van der Waals surface area (Å²) in [5.74, 6) is 1.05. The van der Waals surface area contributed by atoms with Crippen LogP contribution >= 0.6 is 30.6 Å². The summed E-state index contributed by atoms with van der Waals surface area (Å²) >= 11 is 2.45. The van der Waals surface area contributed by atoms with Crippen LogP contribution in [-0.2, 0) is 8.95 Å². The molecule has 0 aromatic carbocycles. The molecule has 150 valence electrons. The van der Waals surface area contributed by atoms with E-state index >= 15 is 0 Å². The number of rotatable bonds is 14. The van der Waals surface area contributed by atoms with Gasteiger partial charge in [0.15, 0.2) is 8.32 Å². The second kappa shape index (κ2) is 13.9. The molecule has 0 amide bonds. The highest BCUT2D eigenvalue weighted by Crippen LogP contribution is 2.38. The van der Waals surface area contributed by atoms with Gasteiger partial charge < -0.3 is 8.95 Å². The summed E-state index contributed by atoms with van der Waals surface area (Å²) in [4.78, 5) is 0. The summed E-state index contributed by atoms with van der Waals surface area (Å²) in [5, 5.41) is 0. The van der Waals surface area contributed by atoms with Gasteiger partial charge in [0.05, 0.1) is 12.2 Å². The van der Waals surface area contributed by atoms with Gasteiger partial charge in [0.2, 0.25) is 0 Å². The van der Waals surface area contributed by atoms with Crippen molar-refractivity contribution in [2.24, 2.45) is 17.8 Å². The molecule has 0 fully saturated rings. The zero-order chi connectivity index (χ0) is 20.3. The Labute approximate surface area is 180 Å². The van der Waals surface area contributed by atoms with E-state index in [-0.39, 0.29) is 18.1 Å². The lowest BCUT2D eigenvalue weighted by atomic mass is 9.85. The number of hydrogen-bond donors (Lipinski definition) is 0. The summed E-state index contributed by atoms with van der Waals surface area (Å²) in [6.07, 6.45) is 6.36. The molecule has 0 saturated heterocycles. The molecule has 0 saturated carbocycles. The Morgan fingerprint density at radius 2 is 1.65 bits per heavy atom. The summed E-state index contributed by atoms with van der Waals surface area (Å²) in [6.45, 7) is 19.5. The van der Waals surface area contributed by atoms with Gasteiger partial charge in [-0.3, -0.25) is 0 Å². The molecular weight excluding hydrogens is 469 g/mol. The van der Waals surface area contributed by atoms with E-state index in [0.29, 0.717) is 11.8 Å². The van der Waals surface area contributed by atoms with Gasteiger partial charge in [-0.2, -0.15) is 0 Å². The molecule has 0 aromatic heterocycles. The summed E-state index contributed by atoms with van der Waals surface area (Å²) in [7, 11) is 3.46. The molecule has 0 heterocycles. The van der Waals surface area contributed by atoms with E-state index in [4.69, 9.17) is 16.5 Å². The van der Waals surface area contributed by atoms with Crippen molar-refractivity contribution in [1.82, 2.24) is 0 Å². The van der Waals surface area contributed by atoms with Crippen LogP contribution in [0.1, 0.15) is 41.5 Å². The first-order valence-corrected chi connectivity index (χ1v) is 15.7. The third kappa shape index (κ3) is 8.47. The minimum Gasteiger partial charge on any atom is -0.413 e. The molecule has 6 unspecified atom stereocenters. The van der Waals surface area contributed by atoms with E-state index in [0.717, 1.165) is 22.6 Å². The standard InChI is InChI=1S/C20H39BIO2PSi/c1-9-13-14-16(5)20(24-26(10-2,11-3)12-4)18(7)19(17(6)15-22)23-25(8)21/h9,13-14,16-20H,1,10-12,15H2,2-8H3/b14-13-. The lowest BCUT2D eigenvalue weighted by Crippen LogP contribution is -2.48. The Kier molecular flexibility index (Phi) is 14.4. The van der Waals surface area contributed by atoms with Crippen molar-refractivity contribution in [2.75, 3.05) is 11.1 Å². The van der Waals surface area contributed by atoms with Gasteiger partial charge in [-0.1, -0.05) is 88.9 Å². The third-order valence-corrected chi connectivity index (χ3v) is 12.1. The van der Waals surface area contributed by atoms with Gasteiger partial charge >= 0.3 is 0 Å². The minimum absolute atomic E-state index is 0.120. The average Bonchev–Trinajstić information content (AvgIpc) is 2.64. The van der Waals surface area contributed by atoms with E-state index in [1.54, 1.807) is 0 Å². The van der Waals surface area contributed by atoms with E-state index in [2.05, 4.69) is 76.8 Å². The largest absolute Gasteiger partial charge is 0.413 e. The Bertz CT molecular complexity index is 410. The lowest BCUT2D eigenvalue weighted by Gasteiger charge is -2.42. The minimum atomic E-state index is -1.72. The summed E-state index contributed by atoms with van der Waals surface area (Å²) in [6, 6.07) is 3.48. The lowest BCUT2D eigenvalue weighted by molar-refractivity contribution is 0.0124. The fourth-order valence-electron chi connectivity index (χ4n) is 3.53. The van der Waals surface area contributed by atoms with Crippen LogP contribution in [0.3, 0.4) is 0 Å². The van der Waals surface area contributed by atoms with Crippen LogP contribution in [0.15, 0.2) is 24.8 Å². The average molecular weight is 508 g/mol. The fraction of sp³-hybridized carbons (Fsp3) is 0.800. The topological polar surface area (TPSA) is 18.5 Å². The van der Waals surface area contributed by atoms with Gasteiger partial charge in [0.25, 0.3) is 0 Å². The molecule has 0 rings (SSSR count). The van der Waals surface area contributed by atoms with E-state index < -0.39 is 16.3 Å². The molecule has 0 aliphatic carbocycles. The zero-order valence-electron chi connectivity index (χ0n) is 17.9. The van der Waals surface area contributed by atoms with Crippen molar-refractivity contribution in [1.29, 1.82) is 0 Å². The number of halogens is 1. The molecule has 2 nitrogen and oxygen atoms in total. The maximum absolute atomic E-state index is 7.00. The molecule has 0 N–H and O–H groups in total. The fourth-order valence-corrected chi connectivity index (χ4v) is 7.82. The third-order valence-electron chi connectivity index (χ3n) is 5.52. The Hall–Kier alpha value is 0.842. The van der Waals surface area contributed by atoms with Crippen LogP contribution in [0, 0.1) is 17.8 Å². The highest BCUT2D eigenvalue weighted by molar-refractivity contribution is 14.1. The molecule has 0 aromatic rings. The van der Waals surface area contributed by atoms with Crippen LogP contribution in [-0.4, -0.2) is 39.2 Å². The monoisotopic (exact) mass is 508 g/mol. The predicted molar refractivity (Wildman–Crippen MR) is 131 cm³/mol. The molecule has 2 radical (unpaired) electrons. The number of allylic oxidation sites excluding steroid dienone is 2. The first-order chi connectivity index (χ1) is 12.2. The number of hydrogen-bond acceptors (Lipinski definition) is 2. The van der Waals surface area contributed by atoms with Crippen LogP contribution in [0.25, 0.3) is 0 Å². The van der Waals surface area contributed by atoms with Gasteiger partial charge in [0.1, 0.15) is 7.57 Å². The van der Waals surface area contributed by atoms with Gasteiger partial charge in [-0.05, 0) is 44.7 Å². The van der Waals surface area contributed by atoms with E-state index in [1.807, 2.05) is 18.8 Å². The predicted octanol–water partition coefficient (Wildman–Crippen LogP) is 6.96. The quantitative estimate of drug-likeness (QED) is 0.0831. The molecular formula is C20H39BIO2PSi. The van der Waals surface area contributed by atoms with Crippen LogP contribution in [0.2, 0.25) is 18.1 Å². The molecule has 6 heteroatoms. The Morgan fingerprint density at radius 3 is 2.04 bits per heavy atom. The van der Waals surface area contributed by atoms with Crippen molar-refractivity contribution in [3.05, 3.63) is 24.8 Å². The van der Waals surface area contributed by atoms with Gasteiger partial charge in [-0.25, -0.2) is 0 Å². The van der Waals surface area contributed by atoms with Gasteiger partial charge in [-0.15, -0.1) is 0 Å². The Morgan fingerprint density at radius 1 is 1.12 bits per heavy atom. The normalized spacial score (nSPS) is 19.7.